The van der Waals surface area contributed by atoms with Crippen molar-refractivity contribution >= 4 is 22.1 Å². The Kier molecular flexibility index (Phi) is 8.02. The number of halogens is 4. The molecule has 0 aliphatic heterocycles. The van der Waals surface area contributed by atoms with Crippen molar-refractivity contribution in [3.63, 3.8) is 0 Å². The van der Waals surface area contributed by atoms with Crippen molar-refractivity contribution in [2.45, 2.75) is 38.9 Å². The van der Waals surface area contributed by atoms with Gasteiger partial charge in [-0.15, -0.1) is 0 Å². The monoisotopic (exact) mass is 505 g/mol. The molecule has 0 fully saturated rings. The molecule has 13 heteroatoms. The molecule has 0 bridgehead atoms. The molecule has 3 aromatic heterocycles. The van der Waals surface area contributed by atoms with Gasteiger partial charge in [0.25, 0.3) is 11.1 Å². The fourth-order valence-corrected chi connectivity index (χ4v) is 3.37. The van der Waals surface area contributed by atoms with Crippen LogP contribution in [0.25, 0.3) is 22.2 Å². The fraction of sp³-hybridized carbons (Fsp3) is 0.261. The summed E-state index contributed by atoms with van der Waals surface area (Å²) < 4.78 is 52.0. The van der Waals surface area contributed by atoms with Crippen LogP contribution in [0.15, 0.2) is 52.6 Å². The average Bonchev–Trinajstić information content (AvgIpc) is 2.81. The summed E-state index contributed by atoms with van der Waals surface area (Å²) in [6.45, 7) is 2.76. The number of alkyl halides is 3. The van der Waals surface area contributed by atoms with Crippen LogP contribution in [0.2, 0.25) is 0 Å². The highest BCUT2D eigenvalue weighted by Crippen LogP contribution is 2.29. The highest BCUT2D eigenvalue weighted by Gasteiger charge is 2.36. The first kappa shape index (κ1) is 26.3. The first-order chi connectivity index (χ1) is 17.0. The highest BCUT2D eigenvalue weighted by molar-refractivity contribution is 5.86. The van der Waals surface area contributed by atoms with Gasteiger partial charge < -0.3 is 16.0 Å². The maximum atomic E-state index is 14.5. The van der Waals surface area contributed by atoms with Gasteiger partial charge in [-0.1, -0.05) is 19.8 Å². The molecule has 0 aliphatic carbocycles. The van der Waals surface area contributed by atoms with E-state index in [1.54, 1.807) is 21.9 Å². The summed E-state index contributed by atoms with van der Waals surface area (Å²) >= 11 is 0. The van der Waals surface area contributed by atoms with Crippen LogP contribution < -0.4 is 22.6 Å². The Hall–Kier alpha value is -4.29. The number of rotatable bonds is 5. The first-order valence-electron chi connectivity index (χ1n) is 10.8. The van der Waals surface area contributed by atoms with Gasteiger partial charge in [0, 0.05) is 12.7 Å². The predicted octanol–water partition coefficient (Wildman–Crippen LogP) is 3.74. The lowest BCUT2D eigenvalue weighted by Crippen LogP contribution is -2.24. The van der Waals surface area contributed by atoms with E-state index < -0.39 is 28.8 Å². The fourth-order valence-electron chi connectivity index (χ4n) is 3.37. The van der Waals surface area contributed by atoms with Crippen molar-refractivity contribution in [2.24, 2.45) is 0 Å². The number of fused-ring (bicyclic) bond motifs is 1. The average molecular weight is 505 g/mol. The summed E-state index contributed by atoms with van der Waals surface area (Å²) in [6, 6.07) is 4.69. The second-order valence-electron chi connectivity index (χ2n) is 7.81. The Morgan fingerprint density at radius 2 is 1.75 bits per heavy atom. The number of benzene rings is 1. The molecule has 4 rings (SSSR count). The molecule has 0 saturated heterocycles. The van der Waals surface area contributed by atoms with Gasteiger partial charge in [0.05, 0.1) is 40.9 Å². The largest absolute Gasteiger partial charge is 0.423 e. The summed E-state index contributed by atoms with van der Waals surface area (Å²) in [7, 11) is 0. The molecule has 0 unspecified atom stereocenters. The van der Waals surface area contributed by atoms with E-state index in [-0.39, 0.29) is 16.9 Å². The molecule has 0 aliphatic rings. The molecule has 4 aromatic rings. The minimum atomic E-state index is -4.74. The number of unbranched alkanes of at least 4 members (excludes halogenated alkanes) is 2. The number of pyridine rings is 1. The van der Waals surface area contributed by atoms with Crippen LogP contribution in [0, 0.1) is 5.82 Å². The van der Waals surface area contributed by atoms with E-state index in [2.05, 4.69) is 22.0 Å². The Bertz CT molecular complexity index is 1470. The topological polar surface area (TPSA) is 146 Å². The number of nitrogen functional groups attached to an aromatic ring is 2. The normalized spacial score (nSPS) is 11.2. The van der Waals surface area contributed by atoms with Crippen molar-refractivity contribution in [1.82, 2.24) is 24.7 Å². The molecule has 0 spiro atoms. The molecular formula is C23H23F4N7O2. The van der Waals surface area contributed by atoms with Crippen LogP contribution >= 0.6 is 0 Å². The van der Waals surface area contributed by atoms with Gasteiger partial charge in [0.2, 0.25) is 0 Å². The lowest BCUT2D eigenvalue weighted by atomic mass is 10.1. The second kappa shape index (κ2) is 11.0. The van der Waals surface area contributed by atoms with Crippen LogP contribution in [0.3, 0.4) is 0 Å². The van der Waals surface area contributed by atoms with Gasteiger partial charge in [0.1, 0.15) is 11.4 Å². The number of anilines is 2. The SMILES string of the molecule is CCCCCn1ccc2cc(-c3ncc(N)cn3)c(F)cc2c1=O.Nc1cn[nH]c(=O)c1C(F)(F)F. The van der Waals surface area contributed by atoms with E-state index in [0.717, 1.165) is 25.5 Å². The number of nitrogens with zero attached hydrogens (tertiary/aromatic N) is 4. The van der Waals surface area contributed by atoms with E-state index >= 15 is 0 Å². The Morgan fingerprint density at radius 3 is 2.33 bits per heavy atom. The maximum absolute atomic E-state index is 14.5. The molecule has 0 saturated carbocycles. The van der Waals surface area contributed by atoms with Gasteiger partial charge in [-0.3, -0.25) is 9.59 Å². The zero-order valence-corrected chi connectivity index (χ0v) is 19.1. The summed E-state index contributed by atoms with van der Waals surface area (Å²) in [5, 5.41) is 5.77. The molecule has 1 aromatic carbocycles. The quantitative estimate of drug-likeness (QED) is 0.277. The van der Waals surface area contributed by atoms with E-state index in [1.807, 2.05) is 6.07 Å². The van der Waals surface area contributed by atoms with E-state index in [1.165, 1.54) is 18.5 Å². The second-order valence-corrected chi connectivity index (χ2v) is 7.81. The van der Waals surface area contributed by atoms with Crippen LogP contribution in [0.1, 0.15) is 31.7 Å². The lowest BCUT2D eigenvalue weighted by molar-refractivity contribution is -0.138. The molecule has 9 nitrogen and oxygen atoms in total. The van der Waals surface area contributed by atoms with E-state index in [0.29, 0.717) is 23.0 Å². The Balaban J connectivity index is 0.000000253. The minimum Gasteiger partial charge on any atom is -0.397 e. The van der Waals surface area contributed by atoms with Gasteiger partial charge in [-0.25, -0.2) is 19.5 Å². The van der Waals surface area contributed by atoms with Crippen LogP contribution in [0.4, 0.5) is 28.9 Å². The number of aromatic nitrogens is 5. The number of hydrogen-bond acceptors (Lipinski definition) is 7. The Morgan fingerprint density at radius 1 is 1.06 bits per heavy atom. The summed E-state index contributed by atoms with van der Waals surface area (Å²) in [4.78, 5) is 31.2. The molecule has 0 amide bonds. The van der Waals surface area contributed by atoms with Crippen molar-refractivity contribution < 1.29 is 17.6 Å². The summed E-state index contributed by atoms with van der Waals surface area (Å²) in [6.07, 6.45) is 3.70. The third kappa shape index (κ3) is 6.03. The summed E-state index contributed by atoms with van der Waals surface area (Å²) in [5.41, 5.74) is 7.54. The van der Waals surface area contributed by atoms with Crippen molar-refractivity contribution in [3.05, 3.63) is 75.1 Å². The lowest BCUT2D eigenvalue weighted by Gasteiger charge is -2.09. The maximum Gasteiger partial charge on any atom is 0.423 e. The molecule has 0 atom stereocenters. The molecular weight excluding hydrogens is 482 g/mol. The third-order valence-corrected chi connectivity index (χ3v) is 5.15. The van der Waals surface area contributed by atoms with E-state index in [9.17, 15) is 27.2 Å². The zero-order chi connectivity index (χ0) is 26.5. The number of nitrogens with two attached hydrogens (primary N) is 2. The van der Waals surface area contributed by atoms with E-state index in [4.69, 9.17) is 11.5 Å². The predicted molar refractivity (Wildman–Crippen MR) is 127 cm³/mol. The number of hydrogen-bond donors (Lipinski definition) is 3. The number of H-pyrrole nitrogens is 1. The summed E-state index contributed by atoms with van der Waals surface area (Å²) in [5.74, 6) is -0.272. The minimum absolute atomic E-state index is 0.174. The van der Waals surface area contributed by atoms with Crippen LogP contribution in [-0.2, 0) is 12.7 Å². The standard InChI is InChI=1S/C18H19FN4O.C5H4F3N3O/c1-2-3-4-6-23-7-5-12-8-15(16(19)9-14(12)18(23)24)17-21-10-13(20)11-22-17;6-5(7,8)3-2(9)1-10-11-4(3)12/h5,7-11H,2-4,6,20H2,1H3;1H,(H3,9,11,12). The van der Waals surface area contributed by atoms with Crippen molar-refractivity contribution in [2.75, 3.05) is 11.5 Å². The number of aromatic amines is 1. The molecule has 3 heterocycles. The molecule has 36 heavy (non-hydrogen) atoms. The molecule has 5 N–H and O–H groups in total. The molecule has 0 radical (unpaired) electrons. The van der Waals surface area contributed by atoms with Crippen LogP contribution in [-0.4, -0.2) is 24.7 Å². The number of nitrogens with one attached hydrogen (secondary N) is 1. The third-order valence-electron chi connectivity index (χ3n) is 5.15. The Labute approximate surface area is 201 Å². The van der Waals surface area contributed by atoms with Crippen LogP contribution in [0.5, 0.6) is 0 Å². The molecule has 190 valence electrons. The van der Waals surface area contributed by atoms with Gasteiger partial charge in [-0.05, 0) is 30.0 Å². The smallest absolute Gasteiger partial charge is 0.397 e. The van der Waals surface area contributed by atoms with Gasteiger partial charge >= 0.3 is 6.18 Å². The number of aryl methyl sites for hydroxylation is 1. The van der Waals surface area contributed by atoms with Crippen molar-refractivity contribution in [3.8, 4) is 11.4 Å². The highest BCUT2D eigenvalue weighted by atomic mass is 19.4. The van der Waals surface area contributed by atoms with Crippen molar-refractivity contribution in [1.29, 1.82) is 0 Å². The first-order valence-corrected chi connectivity index (χ1v) is 10.8. The van der Waals surface area contributed by atoms with Gasteiger partial charge in [0.15, 0.2) is 5.82 Å². The zero-order valence-electron chi connectivity index (χ0n) is 19.1. The van der Waals surface area contributed by atoms with Gasteiger partial charge in [-0.2, -0.15) is 18.3 Å².